The van der Waals surface area contributed by atoms with Gasteiger partial charge in [-0.05, 0) is 30.4 Å². The van der Waals surface area contributed by atoms with Gasteiger partial charge in [0.2, 0.25) is 5.69 Å². The molecule has 2 atom stereocenters. The average Bonchev–Trinajstić information content (AvgIpc) is 2.73. The molecule has 2 aliphatic heterocycles. The molecule has 2 aliphatic rings. The lowest BCUT2D eigenvalue weighted by Crippen LogP contribution is -2.47. The van der Waals surface area contributed by atoms with Gasteiger partial charge in [-0.1, -0.05) is 24.3 Å². The molecule has 0 saturated carbocycles. The normalized spacial score (nSPS) is 21.8. The summed E-state index contributed by atoms with van der Waals surface area (Å²) in [5.41, 5.74) is 2.29. The molecule has 1 fully saturated rings. The second kappa shape index (κ2) is 7.72. The second-order valence-electron chi connectivity index (χ2n) is 6.69. The zero-order valence-corrected chi connectivity index (χ0v) is 14.9. The van der Waals surface area contributed by atoms with Gasteiger partial charge in [0.05, 0.1) is 13.2 Å². The number of hydrogen-bond donors (Lipinski definition) is 0. The molecule has 0 N–H and O–H groups in total. The van der Waals surface area contributed by atoms with Crippen LogP contribution in [0.4, 0.5) is 0 Å². The number of hydrogen-bond acceptors (Lipinski definition) is 6. The smallest absolute Gasteiger partial charge is 0.256 e. The van der Waals surface area contributed by atoms with Crippen LogP contribution in [0.3, 0.4) is 0 Å². The highest BCUT2D eigenvalue weighted by atomic mass is 16.5. The quantitative estimate of drug-likeness (QED) is 0.828. The lowest BCUT2D eigenvalue weighted by atomic mass is 9.96. The van der Waals surface area contributed by atoms with E-state index in [2.05, 4.69) is 16.0 Å². The van der Waals surface area contributed by atoms with E-state index in [4.69, 9.17) is 14.7 Å². The maximum absolute atomic E-state index is 13.1. The molecule has 1 saturated heterocycles. The van der Waals surface area contributed by atoms with Gasteiger partial charge in [-0.3, -0.25) is 4.79 Å². The van der Waals surface area contributed by atoms with E-state index < -0.39 is 6.10 Å². The molecule has 0 spiro atoms. The van der Waals surface area contributed by atoms with Crippen LogP contribution in [0.15, 0.2) is 36.7 Å². The highest BCUT2D eigenvalue weighted by Crippen LogP contribution is 2.30. The summed E-state index contributed by atoms with van der Waals surface area (Å²) in [6, 6.07) is 9.93. The molecular formula is C20H20N4O3. The van der Waals surface area contributed by atoms with Gasteiger partial charge in [-0.2, -0.15) is 5.26 Å². The van der Waals surface area contributed by atoms with Crippen molar-refractivity contribution in [2.75, 3.05) is 19.7 Å². The molecule has 0 bridgehead atoms. The van der Waals surface area contributed by atoms with Gasteiger partial charge >= 0.3 is 0 Å². The Morgan fingerprint density at radius 1 is 1.30 bits per heavy atom. The Balaban J connectivity index is 1.47. The third-order valence-electron chi connectivity index (χ3n) is 4.96. The van der Waals surface area contributed by atoms with E-state index in [9.17, 15) is 4.79 Å². The fraction of sp³-hybridized carbons (Fsp3) is 0.400. The zero-order chi connectivity index (χ0) is 18.6. The molecule has 1 aromatic heterocycles. The topological polar surface area (TPSA) is 88.3 Å². The number of amides is 1. The first-order valence-electron chi connectivity index (χ1n) is 9.12. The second-order valence-corrected chi connectivity index (χ2v) is 6.69. The average molecular weight is 364 g/mol. The molecule has 27 heavy (non-hydrogen) atoms. The number of aromatic nitrogens is 2. The van der Waals surface area contributed by atoms with Crippen LogP contribution < -0.4 is 4.74 Å². The first-order valence-corrected chi connectivity index (χ1v) is 9.12. The SMILES string of the molecule is N#Cc1nccnc1O[C@H]1CCCN(C(=O)[C@H]2OCCc3ccccc32)C1. The van der Waals surface area contributed by atoms with E-state index in [1.165, 1.54) is 18.0 Å². The monoisotopic (exact) mass is 364 g/mol. The summed E-state index contributed by atoms with van der Waals surface area (Å²) in [5.74, 6) is 0.189. The molecule has 0 unspecified atom stereocenters. The highest BCUT2D eigenvalue weighted by molar-refractivity contribution is 5.83. The van der Waals surface area contributed by atoms with Crippen molar-refractivity contribution in [1.29, 1.82) is 5.26 Å². The van der Waals surface area contributed by atoms with Crippen LogP contribution in [-0.4, -0.2) is 46.6 Å². The summed E-state index contributed by atoms with van der Waals surface area (Å²) in [6.45, 7) is 1.67. The van der Waals surface area contributed by atoms with Gasteiger partial charge in [-0.15, -0.1) is 0 Å². The van der Waals surface area contributed by atoms with Crippen molar-refractivity contribution in [2.45, 2.75) is 31.5 Å². The molecule has 0 aliphatic carbocycles. The summed E-state index contributed by atoms with van der Waals surface area (Å²) in [6.07, 6.45) is 4.63. The van der Waals surface area contributed by atoms with Crippen LogP contribution in [0, 0.1) is 11.3 Å². The van der Waals surface area contributed by atoms with E-state index in [0.717, 1.165) is 24.8 Å². The van der Waals surface area contributed by atoms with Crippen LogP contribution in [0.1, 0.15) is 35.8 Å². The summed E-state index contributed by atoms with van der Waals surface area (Å²) in [4.78, 5) is 23.0. The minimum atomic E-state index is -0.556. The van der Waals surface area contributed by atoms with Gasteiger partial charge in [-0.25, -0.2) is 9.97 Å². The molecule has 2 aromatic rings. The van der Waals surface area contributed by atoms with E-state index in [-0.39, 0.29) is 23.6 Å². The molecule has 1 aromatic carbocycles. The van der Waals surface area contributed by atoms with E-state index in [1.807, 2.05) is 24.3 Å². The Kier molecular flexibility index (Phi) is 4.99. The zero-order valence-electron chi connectivity index (χ0n) is 14.9. The number of rotatable bonds is 3. The molecule has 4 rings (SSSR count). The molecule has 7 nitrogen and oxygen atoms in total. The number of carbonyl (C=O) groups is 1. The molecule has 0 radical (unpaired) electrons. The Hall–Kier alpha value is -2.98. The van der Waals surface area contributed by atoms with E-state index in [0.29, 0.717) is 19.7 Å². The third-order valence-corrected chi connectivity index (χ3v) is 4.96. The minimum Gasteiger partial charge on any atom is -0.470 e. The van der Waals surface area contributed by atoms with Crippen LogP contribution in [0.5, 0.6) is 5.88 Å². The fourth-order valence-corrected chi connectivity index (χ4v) is 3.64. The third kappa shape index (κ3) is 3.62. The van der Waals surface area contributed by atoms with Gasteiger partial charge in [0.25, 0.3) is 11.8 Å². The van der Waals surface area contributed by atoms with Crippen molar-refractivity contribution >= 4 is 5.91 Å². The molecule has 7 heteroatoms. The Morgan fingerprint density at radius 2 is 2.15 bits per heavy atom. The lowest BCUT2D eigenvalue weighted by molar-refractivity contribution is -0.147. The van der Waals surface area contributed by atoms with Crippen molar-refractivity contribution in [3.63, 3.8) is 0 Å². The van der Waals surface area contributed by atoms with Crippen molar-refractivity contribution in [1.82, 2.24) is 14.9 Å². The minimum absolute atomic E-state index is 0.0323. The van der Waals surface area contributed by atoms with Crippen LogP contribution in [-0.2, 0) is 16.0 Å². The van der Waals surface area contributed by atoms with Crippen molar-refractivity contribution < 1.29 is 14.3 Å². The van der Waals surface area contributed by atoms with Crippen LogP contribution >= 0.6 is 0 Å². The summed E-state index contributed by atoms with van der Waals surface area (Å²) >= 11 is 0. The highest BCUT2D eigenvalue weighted by Gasteiger charge is 2.34. The molecular weight excluding hydrogens is 344 g/mol. The first-order chi connectivity index (χ1) is 13.3. The van der Waals surface area contributed by atoms with Crippen molar-refractivity contribution in [2.24, 2.45) is 0 Å². The predicted molar refractivity (Wildman–Crippen MR) is 95.8 cm³/mol. The Labute approximate surface area is 157 Å². The largest absolute Gasteiger partial charge is 0.470 e. The van der Waals surface area contributed by atoms with E-state index >= 15 is 0 Å². The molecule has 138 valence electrons. The number of carbonyl (C=O) groups excluding carboxylic acids is 1. The van der Waals surface area contributed by atoms with Gasteiger partial charge in [0.1, 0.15) is 12.2 Å². The maximum Gasteiger partial charge on any atom is 0.256 e. The van der Waals surface area contributed by atoms with Crippen LogP contribution in [0.25, 0.3) is 0 Å². The van der Waals surface area contributed by atoms with Crippen molar-refractivity contribution in [3.05, 3.63) is 53.5 Å². The lowest BCUT2D eigenvalue weighted by Gasteiger charge is -2.36. The van der Waals surface area contributed by atoms with Crippen molar-refractivity contribution in [3.8, 4) is 11.9 Å². The van der Waals surface area contributed by atoms with Crippen LogP contribution in [0.2, 0.25) is 0 Å². The maximum atomic E-state index is 13.1. The summed E-state index contributed by atoms with van der Waals surface area (Å²) < 4.78 is 11.7. The van der Waals surface area contributed by atoms with Gasteiger partial charge in [0, 0.05) is 18.9 Å². The number of nitriles is 1. The number of benzene rings is 1. The fourth-order valence-electron chi connectivity index (χ4n) is 3.64. The number of fused-ring (bicyclic) bond motifs is 1. The van der Waals surface area contributed by atoms with Gasteiger partial charge < -0.3 is 14.4 Å². The summed E-state index contributed by atoms with van der Waals surface area (Å²) in [7, 11) is 0. The number of likely N-dealkylation sites (tertiary alicyclic amines) is 1. The predicted octanol–water partition coefficient (Wildman–Crippen LogP) is 2.03. The van der Waals surface area contributed by atoms with E-state index in [1.54, 1.807) is 4.90 Å². The summed E-state index contributed by atoms with van der Waals surface area (Å²) in [5, 5.41) is 9.14. The Bertz CT molecular complexity index is 880. The Morgan fingerprint density at radius 3 is 3.04 bits per heavy atom. The number of nitrogens with zero attached hydrogens (tertiary/aromatic N) is 4. The van der Waals surface area contributed by atoms with Gasteiger partial charge in [0.15, 0.2) is 6.10 Å². The first kappa shape index (κ1) is 17.4. The number of ether oxygens (including phenoxy) is 2. The standard InChI is InChI=1S/C20H20N4O3/c21-12-17-19(23-9-8-22-17)27-15-5-3-10-24(13-15)20(25)18-16-6-2-1-4-14(16)7-11-26-18/h1-2,4,6,8-9,15,18H,3,5,7,10-11,13H2/t15-,18-/m0/s1. The molecule has 1 amide bonds. The molecule has 3 heterocycles. The number of piperidine rings is 1.